The van der Waals surface area contributed by atoms with Crippen LogP contribution in [-0.4, -0.2) is 30.5 Å². The van der Waals surface area contributed by atoms with E-state index in [0.717, 1.165) is 26.0 Å². The van der Waals surface area contributed by atoms with Gasteiger partial charge >= 0.3 is 0 Å². The summed E-state index contributed by atoms with van der Waals surface area (Å²) in [6.45, 7) is 5.67. The second-order valence-corrected chi connectivity index (χ2v) is 3.41. The Labute approximate surface area is 90.2 Å². The average molecular weight is 213 g/mol. The van der Waals surface area contributed by atoms with Crippen molar-refractivity contribution in [2.24, 2.45) is 0 Å². The molecule has 0 bridgehead atoms. The van der Waals surface area contributed by atoms with Crippen molar-refractivity contribution in [3.63, 3.8) is 0 Å². The van der Waals surface area contributed by atoms with E-state index in [9.17, 15) is 0 Å². The molecule has 0 aliphatic rings. The lowest BCUT2D eigenvalue weighted by atomic mass is 10.3. The Morgan fingerprint density at radius 1 is 1.47 bits per heavy atom. The molecule has 1 atom stereocenters. The Morgan fingerprint density at radius 2 is 2.27 bits per heavy atom. The lowest BCUT2D eigenvalue weighted by Gasteiger charge is -2.05. The van der Waals surface area contributed by atoms with Crippen LogP contribution in [0.1, 0.15) is 38.1 Å². The smallest absolute Gasteiger partial charge is 0.233 e. The second kappa shape index (κ2) is 6.53. The standard InChI is InChI=1S/C10H19N3O2/c1-4-11-8(2)10-13-12-9(15-10)6-5-7-14-3/h8,11H,4-7H2,1-3H3. The molecular weight excluding hydrogens is 194 g/mol. The lowest BCUT2D eigenvalue weighted by Crippen LogP contribution is -2.17. The molecule has 5 heteroatoms. The van der Waals surface area contributed by atoms with Crippen molar-refractivity contribution in [1.29, 1.82) is 0 Å². The zero-order valence-corrected chi connectivity index (χ0v) is 9.62. The van der Waals surface area contributed by atoms with E-state index >= 15 is 0 Å². The zero-order chi connectivity index (χ0) is 11.1. The van der Waals surface area contributed by atoms with E-state index in [1.165, 1.54) is 0 Å². The molecule has 0 amide bonds. The van der Waals surface area contributed by atoms with Gasteiger partial charge in [-0.3, -0.25) is 0 Å². The number of methoxy groups -OCH3 is 1. The van der Waals surface area contributed by atoms with Crippen LogP contribution < -0.4 is 5.32 Å². The van der Waals surface area contributed by atoms with Crippen molar-refractivity contribution in [1.82, 2.24) is 15.5 Å². The van der Waals surface area contributed by atoms with Crippen molar-refractivity contribution < 1.29 is 9.15 Å². The summed E-state index contributed by atoms with van der Waals surface area (Å²) in [6, 6.07) is 0.124. The molecule has 0 saturated heterocycles. The van der Waals surface area contributed by atoms with Crippen LogP contribution in [0.2, 0.25) is 0 Å². The third-order valence-electron chi connectivity index (χ3n) is 2.10. The molecule has 0 spiro atoms. The van der Waals surface area contributed by atoms with Gasteiger partial charge in [0.2, 0.25) is 11.8 Å². The number of ether oxygens (including phenoxy) is 1. The number of rotatable bonds is 7. The summed E-state index contributed by atoms with van der Waals surface area (Å²) < 4.78 is 10.5. The van der Waals surface area contributed by atoms with Gasteiger partial charge in [-0.15, -0.1) is 10.2 Å². The van der Waals surface area contributed by atoms with Crippen LogP contribution in [-0.2, 0) is 11.2 Å². The Morgan fingerprint density at radius 3 is 2.93 bits per heavy atom. The normalized spacial score (nSPS) is 13.0. The van der Waals surface area contributed by atoms with Gasteiger partial charge in [-0.1, -0.05) is 6.92 Å². The van der Waals surface area contributed by atoms with Gasteiger partial charge in [0.1, 0.15) is 0 Å². The largest absolute Gasteiger partial charge is 0.424 e. The minimum absolute atomic E-state index is 0.124. The number of hydrogen-bond acceptors (Lipinski definition) is 5. The predicted octanol–water partition coefficient (Wildman–Crippen LogP) is 1.32. The van der Waals surface area contributed by atoms with Gasteiger partial charge < -0.3 is 14.5 Å². The van der Waals surface area contributed by atoms with E-state index in [1.807, 2.05) is 13.8 Å². The van der Waals surface area contributed by atoms with Gasteiger partial charge in [0, 0.05) is 20.1 Å². The summed E-state index contributed by atoms with van der Waals surface area (Å²) in [6.07, 6.45) is 1.69. The Balaban J connectivity index is 2.41. The summed E-state index contributed by atoms with van der Waals surface area (Å²) in [5, 5.41) is 11.2. The first-order valence-electron chi connectivity index (χ1n) is 5.32. The molecule has 1 rings (SSSR count). The Hall–Kier alpha value is -0.940. The molecule has 1 unspecified atom stereocenters. The van der Waals surface area contributed by atoms with Gasteiger partial charge in [-0.05, 0) is 19.9 Å². The molecule has 0 saturated carbocycles. The van der Waals surface area contributed by atoms with Crippen LogP contribution in [0, 0.1) is 0 Å². The number of hydrogen-bond donors (Lipinski definition) is 1. The molecule has 5 nitrogen and oxygen atoms in total. The molecule has 0 fully saturated rings. The van der Waals surface area contributed by atoms with Crippen molar-refractivity contribution in [3.8, 4) is 0 Å². The second-order valence-electron chi connectivity index (χ2n) is 3.41. The fraction of sp³-hybridized carbons (Fsp3) is 0.800. The molecule has 0 aliphatic carbocycles. The van der Waals surface area contributed by atoms with E-state index in [2.05, 4.69) is 15.5 Å². The lowest BCUT2D eigenvalue weighted by molar-refractivity contribution is 0.192. The maximum atomic E-state index is 5.50. The van der Waals surface area contributed by atoms with Crippen molar-refractivity contribution in [3.05, 3.63) is 11.8 Å². The van der Waals surface area contributed by atoms with Crippen LogP contribution in [0.5, 0.6) is 0 Å². The summed E-state index contributed by atoms with van der Waals surface area (Å²) in [4.78, 5) is 0. The topological polar surface area (TPSA) is 60.2 Å². The molecule has 0 radical (unpaired) electrons. The van der Waals surface area contributed by atoms with Crippen molar-refractivity contribution in [2.75, 3.05) is 20.3 Å². The van der Waals surface area contributed by atoms with Crippen LogP contribution in [0.4, 0.5) is 0 Å². The van der Waals surface area contributed by atoms with Gasteiger partial charge in [0.15, 0.2) is 0 Å². The van der Waals surface area contributed by atoms with Crippen LogP contribution in [0.3, 0.4) is 0 Å². The molecule has 0 aliphatic heterocycles. The van der Waals surface area contributed by atoms with Crippen LogP contribution in [0.15, 0.2) is 4.42 Å². The SMILES string of the molecule is CCNC(C)c1nnc(CCCOC)o1. The molecular formula is C10H19N3O2. The van der Waals surface area contributed by atoms with Gasteiger partial charge in [-0.2, -0.15) is 0 Å². The van der Waals surface area contributed by atoms with E-state index in [-0.39, 0.29) is 6.04 Å². The minimum Gasteiger partial charge on any atom is -0.424 e. The fourth-order valence-electron chi connectivity index (χ4n) is 1.30. The number of nitrogens with one attached hydrogen (secondary N) is 1. The molecule has 86 valence electrons. The van der Waals surface area contributed by atoms with Gasteiger partial charge in [0.05, 0.1) is 6.04 Å². The average Bonchev–Trinajstić information content (AvgIpc) is 2.67. The summed E-state index contributed by atoms with van der Waals surface area (Å²) in [7, 11) is 1.69. The predicted molar refractivity (Wildman–Crippen MR) is 56.6 cm³/mol. The monoisotopic (exact) mass is 213 g/mol. The summed E-state index contributed by atoms with van der Waals surface area (Å²) in [5.74, 6) is 1.34. The van der Waals surface area contributed by atoms with Crippen molar-refractivity contribution in [2.45, 2.75) is 32.7 Å². The van der Waals surface area contributed by atoms with E-state index < -0.39 is 0 Å². The minimum atomic E-state index is 0.124. The first-order chi connectivity index (χ1) is 7.27. The first kappa shape index (κ1) is 12.1. The highest BCUT2D eigenvalue weighted by atomic mass is 16.5. The first-order valence-corrected chi connectivity index (χ1v) is 5.32. The van der Waals surface area contributed by atoms with Gasteiger partial charge in [0.25, 0.3) is 0 Å². The highest BCUT2D eigenvalue weighted by Crippen LogP contribution is 2.11. The number of nitrogens with zero attached hydrogens (tertiary/aromatic N) is 2. The quantitative estimate of drug-likeness (QED) is 0.692. The van der Waals surface area contributed by atoms with Gasteiger partial charge in [-0.25, -0.2) is 0 Å². The highest BCUT2D eigenvalue weighted by Gasteiger charge is 2.12. The van der Waals surface area contributed by atoms with Crippen LogP contribution in [0.25, 0.3) is 0 Å². The van der Waals surface area contributed by atoms with E-state index in [4.69, 9.17) is 9.15 Å². The molecule has 1 heterocycles. The van der Waals surface area contributed by atoms with Crippen LogP contribution >= 0.6 is 0 Å². The third kappa shape index (κ3) is 3.97. The van der Waals surface area contributed by atoms with E-state index in [1.54, 1.807) is 7.11 Å². The molecule has 0 aromatic carbocycles. The molecule has 1 aromatic heterocycles. The zero-order valence-electron chi connectivity index (χ0n) is 9.62. The summed E-state index contributed by atoms with van der Waals surface area (Å²) in [5.41, 5.74) is 0. The number of aryl methyl sites for hydroxylation is 1. The maximum Gasteiger partial charge on any atom is 0.233 e. The maximum absolute atomic E-state index is 5.50. The number of aromatic nitrogens is 2. The molecule has 1 aromatic rings. The fourth-order valence-corrected chi connectivity index (χ4v) is 1.30. The highest BCUT2D eigenvalue weighted by molar-refractivity contribution is 4.88. The molecule has 15 heavy (non-hydrogen) atoms. The van der Waals surface area contributed by atoms with E-state index in [0.29, 0.717) is 11.8 Å². The Kier molecular flexibility index (Phi) is 5.28. The summed E-state index contributed by atoms with van der Waals surface area (Å²) >= 11 is 0. The molecule has 1 N–H and O–H groups in total. The third-order valence-corrected chi connectivity index (χ3v) is 2.10. The van der Waals surface area contributed by atoms with Crippen molar-refractivity contribution >= 4 is 0 Å². The Bertz CT molecular complexity index is 275.